The first-order chi connectivity index (χ1) is 7.42. The molecule has 2 aliphatic heterocycles. The van der Waals surface area contributed by atoms with Crippen molar-refractivity contribution in [3.05, 3.63) is 0 Å². The van der Waals surface area contributed by atoms with E-state index in [0.717, 1.165) is 0 Å². The highest BCUT2D eigenvalue weighted by Crippen LogP contribution is 2.24. The molecule has 0 bridgehead atoms. The molecule has 2 rings (SSSR count). The zero-order valence-electron chi connectivity index (χ0n) is 9.52. The van der Waals surface area contributed by atoms with Gasteiger partial charge in [-0.2, -0.15) is 17.0 Å². The number of aliphatic hydroxyl groups is 1. The van der Waals surface area contributed by atoms with Crippen molar-refractivity contribution >= 4 is 10.2 Å². The molecule has 0 spiro atoms. The molecule has 1 atom stereocenters. The van der Waals surface area contributed by atoms with E-state index in [1.807, 2.05) is 0 Å². The maximum Gasteiger partial charge on any atom is 0.282 e. The van der Waals surface area contributed by atoms with Crippen LogP contribution in [0.1, 0.15) is 13.3 Å². The van der Waals surface area contributed by atoms with Crippen molar-refractivity contribution in [3.63, 3.8) is 0 Å². The normalized spacial score (nSPS) is 34.4. The summed E-state index contributed by atoms with van der Waals surface area (Å²) in [5.74, 6) is 0. The van der Waals surface area contributed by atoms with E-state index in [4.69, 9.17) is 0 Å². The monoisotopic (exact) mass is 249 g/mol. The Balaban J connectivity index is 2.07. The smallest absolute Gasteiger partial charge is 0.282 e. The molecule has 0 aliphatic carbocycles. The lowest BCUT2D eigenvalue weighted by molar-refractivity contribution is 0.0756. The number of nitrogens with zero attached hydrogens (tertiary/aromatic N) is 2. The van der Waals surface area contributed by atoms with E-state index in [9.17, 15) is 13.5 Å². The largest absolute Gasteiger partial charge is 0.389 e. The lowest BCUT2D eigenvalue weighted by atomic mass is 10.1. The van der Waals surface area contributed by atoms with Crippen LogP contribution in [0.15, 0.2) is 0 Å². The zero-order valence-corrected chi connectivity index (χ0v) is 10.3. The van der Waals surface area contributed by atoms with E-state index >= 15 is 0 Å². The van der Waals surface area contributed by atoms with Gasteiger partial charge in [-0.25, -0.2) is 0 Å². The van der Waals surface area contributed by atoms with Gasteiger partial charge in [0.25, 0.3) is 10.2 Å². The highest BCUT2D eigenvalue weighted by molar-refractivity contribution is 7.86. The molecule has 2 fully saturated rings. The van der Waals surface area contributed by atoms with Gasteiger partial charge in [0.1, 0.15) is 0 Å². The Labute approximate surface area is 96.4 Å². The van der Waals surface area contributed by atoms with Gasteiger partial charge < -0.3 is 10.4 Å². The highest BCUT2D eigenvalue weighted by Gasteiger charge is 2.40. The molecular formula is C9H19N3O3S. The molecule has 2 heterocycles. The number of rotatable bonds is 2. The predicted molar refractivity (Wildman–Crippen MR) is 60.2 cm³/mol. The summed E-state index contributed by atoms with van der Waals surface area (Å²) in [5, 5.41) is 12.9. The SMILES string of the molecule is CC1(O)CCN(S(=O)(=O)N2CCNCC2)C1. The van der Waals surface area contributed by atoms with E-state index in [-0.39, 0.29) is 6.54 Å². The van der Waals surface area contributed by atoms with Gasteiger partial charge in [-0.05, 0) is 13.3 Å². The molecule has 6 nitrogen and oxygen atoms in total. The Morgan fingerprint density at radius 1 is 1.19 bits per heavy atom. The average Bonchev–Trinajstić information content (AvgIpc) is 2.61. The molecule has 2 aliphatic rings. The van der Waals surface area contributed by atoms with E-state index in [2.05, 4.69) is 5.32 Å². The molecule has 0 radical (unpaired) electrons. The van der Waals surface area contributed by atoms with Crippen molar-refractivity contribution in [1.82, 2.24) is 13.9 Å². The summed E-state index contributed by atoms with van der Waals surface area (Å²) in [6.07, 6.45) is 0.512. The number of piperazine rings is 1. The van der Waals surface area contributed by atoms with Gasteiger partial charge in [0.15, 0.2) is 0 Å². The minimum atomic E-state index is -3.37. The zero-order chi connectivity index (χ0) is 11.8. The van der Waals surface area contributed by atoms with Crippen molar-refractivity contribution in [1.29, 1.82) is 0 Å². The van der Waals surface area contributed by atoms with E-state index in [1.54, 1.807) is 6.92 Å². The molecule has 0 saturated carbocycles. The first-order valence-electron chi connectivity index (χ1n) is 5.60. The molecule has 0 aromatic rings. The minimum Gasteiger partial charge on any atom is -0.389 e. The van der Waals surface area contributed by atoms with E-state index in [0.29, 0.717) is 39.1 Å². The number of hydrogen-bond acceptors (Lipinski definition) is 4. The van der Waals surface area contributed by atoms with Crippen LogP contribution in [0, 0.1) is 0 Å². The average molecular weight is 249 g/mol. The Bertz CT molecular complexity index is 349. The summed E-state index contributed by atoms with van der Waals surface area (Å²) >= 11 is 0. The Morgan fingerprint density at radius 2 is 1.81 bits per heavy atom. The summed E-state index contributed by atoms with van der Waals surface area (Å²) in [7, 11) is -3.37. The molecule has 0 aromatic heterocycles. The third-order valence-electron chi connectivity index (χ3n) is 3.15. The standard InChI is InChI=1S/C9H19N3O3S/c1-9(13)2-5-12(8-9)16(14,15)11-6-3-10-4-7-11/h10,13H,2-8H2,1H3. The Morgan fingerprint density at radius 3 is 2.31 bits per heavy atom. The van der Waals surface area contributed by atoms with Crippen LogP contribution in [0.4, 0.5) is 0 Å². The summed E-state index contributed by atoms with van der Waals surface area (Å²) in [6, 6.07) is 0. The Hall–Kier alpha value is -0.210. The van der Waals surface area contributed by atoms with E-state index in [1.165, 1.54) is 8.61 Å². The second-order valence-electron chi connectivity index (χ2n) is 4.74. The lowest BCUT2D eigenvalue weighted by Crippen LogP contribution is -2.51. The maximum atomic E-state index is 12.2. The summed E-state index contributed by atoms with van der Waals surface area (Å²) in [6.45, 7) is 4.73. The number of nitrogens with one attached hydrogen (secondary N) is 1. The molecule has 0 aromatic carbocycles. The van der Waals surface area contributed by atoms with Gasteiger partial charge in [0, 0.05) is 39.3 Å². The summed E-state index contributed by atoms with van der Waals surface area (Å²) in [5.41, 5.74) is -0.874. The fraction of sp³-hybridized carbons (Fsp3) is 1.00. The van der Waals surface area contributed by atoms with Gasteiger partial charge in [-0.3, -0.25) is 0 Å². The third-order valence-corrected chi connectivity index (χ3v) is 5.13. The predicted octanol–water partition coefficient (Wildman–Crippen LogP) is -1.41. The molecule has 2 N–H and O–H groups in total. The lowest BCUT2D eigenvalue weighted by Gasteiger charge is -2.30. The van der Waals surface area contributed by atoms with Crippen molar-refractivity contribution in [2.45, 2.75) is 18.9 Å². The maximum absolute atomic E-state index is 12.2. The van der Waals surface area contributed by atoms with Gasteiger partial charge in [0.2, 0.25) is 0 Å². The number of β-amino-alcohol motifs (C(OH)–C–C–N with tert-alkyl or cyclic N) is 1. The number of hydrogen-bond donors (Lipinski definition) is 2. The topological polar surface area (TPSA) is 72.9 Å². The summed E-state index contributed by atoms with van der Waals surface area (Å²) < 4.78 is 27.3. The van der Waals surface area contributed by atoms with Crippen LogP contribution in [0.25, 0.3) is 0 Å². The molecule has 7 heteroatoms. The fourth-order valence-electron chi connectivity index (χ4n) is 2.14. The van der Waals surface area contributed by atoms with Crippen LogP contribution in [-0.2, 0) is 10.2 Å². The van der Waals surface area contributed by atoms with Crippen molar-refractivity contribution < 1.29 is 13.5 Å². The minimum absolute atomic E-state index is 0.208. The molecule has 2 saturated heterocycles. The molecule has 94 valence electrons. The molecule has 0 amide bonds. The summed E-state index contributed by atoms with van der Waals surface area (Å²) in [4.78, 5) is 0. The van der Waals surface area contributed by atoms with Crippen molar-refractivity contribution in [2.24, 2.45) is 0 Å². The first kappa shape index (κ1) is 12.3. The van der Waals surface area contributed by atoms with Gasteiger partial charge in [0.05, 0.1) is 5.60 Å². The van der Waals surface area contributed by atoms with Crippen molar-refractivity contribution in [3.8, 4) is 0 Å². The van der Waals surface area contributed by atoms with E-state index < -0.39 is 15.8 Å². The molecule has 16 heavy (non-hydrogen) atoms. The van der Waals surface area contributed by atoms with Crippen LogP contribution in [0.2, 0.25) is 0 Å². The molecular weight excluding hydrogens is 230 g/mol. The highest BCUT2D eigenvalue weighted by atomic mass is 32.2. The van der Waals surface area contributed by atoms with Crippen LogP contribution >= 0.6 is 0 Å². The third kappa shape index (κ3) is 2.38. The van der Waals surface area contributed by atoms with Crippen LogP contribution in [0.3, 0.4) is 0 Å². The molecule has 1 unspecified atom stereocenters. The second-order valence-corrected chi connectivity index (χ2v) is 6.67. The second kappa shape index (κ2) is 4.23. The fourth-order valence-corrected chi connectivity index (χ4v) is 3.87. The quantitative estimate of drug-likeness (QED) is 0.631. The Kier molecular flexibility index (Phi) is 3.24. The first-order valence-corrected chi connectivity index (χ1v) is 7.00. The van der Waals surface area contributed by atoms with Crippen LogP contribution in [0.5, 0.6) is 0 Å². The van der Waals surface area contributed by atoms with Crippen LogP contribution < -0.4 is 5.32 Å². The van der Waals surface area contributed by atoms with Gasteiger partial charge in [-0.15, -0.1) is 0 Å². The van der Waals surface area contributed by atoms with Gasteiger partial charge in [-0.1, -0.05) is 0 Å². The van der Waals surface area contributed by atoms with Gasteiger partial charge >= 0.3 is 0 Å². The van der Waals surface area contributed by atoms with Crippen molar-refractivity contribution in [2.75, 3.05) is 39.3 Å². The van der Waals surface area contributed by atoms with Crippen LogP contribution in [-0.4, -0.2) is 67.0 Å².